The first-order chi connectivity index (χ1) is 10.1. The van der Waals surface area contributed by atoms with Gasteiger partial charge in [-0.05, 0) is 46.5 Å². The predicted octanol–water partition coefficient (Wildman–Crippen LogP) is 5.39. The molecule has 21 heavy (non-hydrogen) atoms. The molecule has 0 amide bonds. The smallest absolute Gasteiger partial charge is 0.0424 e. The minimum absolute atomic E-state index is 0.132. The zero-order valence-corrected chi connectivity index (χ0v) is 12.9. The molecule has 0 radical (unpaired) electrons. The molecule has 0 aromatic heterocycles. The van der Waals surface area contributed by atoms with Gasteiger partial charge in [-0.25, -0.2) is 0 Å². The number of rotatable bonds is 3. The van der Waals surface area contributed by atoms with Crippen LogP contribution in [0.5, 0.6) is 0 Å². The van der Waals surface area contributed by atoms with Crippen molar-refractivity contribution in [3.63, 3.8) is 0 Å². The molecule has 3 aromatic rings. The van der Waals surface area contributed by atoms with Gasteiger partial charge in [-0.3, -0.25) is 0 Å². The fourth-order valence-electron chi connectivity index (χ4n) is 2.61. The Labute approximate surface area is 134 Å². The summed E-state index contributed by atoms with van der Waals surface area (Å²) in [7, 11) is 0. The van der Waals surface area contributed by atoms with E-state index < -0.39 is 0 Å². The first-order valence-electron chi connectivity index (χ1n) is 6.82. The quantitative estimate of drug-likeness (QED) is 0.689. The van der Waals surface area contributed by atoms with Gasteiger partial charge in [0, 0.05) is 16.1 Å². The molecule has 0 aliphatic heterocycles. The molecule has 0 bridgehead atoms. The second kappa shape index (κ2) is 6.07. The van der Waals surface area contributed by atoms with Crippen molar-refractivity contribution in [2.45, 2.75) is 12.5 Å². The van der Waals surface area contributed by atoms with Crippen LogP contribution in [0.4, 0.5) is 0 Å². The van der Waals surface area contributed by atoms with Gasteiger partial charge < -0.3 is 5.73 Å². The molecule has 1 nitrogen and oxygen atoms in total. The third-order valence-corrected chi connectivity index (χ3v) is 4.07. The normalized spacial score (nSPS) is 12.5. The van der Waals surface area contributed by atoms with Crippen molar-refractivity contribution in [3.05, 3.63) is 81.8 Å². The highest BCUT2D eigenvalue weighted by molar-refractivity contribution is 6.34. The molecule has 2 N–H and O–H groups in total. The third-order valence-electron chi connectivity index (χ3n) is 3.63. The second-order valence-electron chi connectivity index (χ2n) is 5.15. The third kappa shape index (κ3) is 3.21. The highest BCUT2D eigenvalue weighted by Gasteiger charge is 2.11. The van der Waals surface area contributed by atoms with Crippen LogP contribution in [0.15, 0.2) is 60.7 Å². The summed E-state index contributed by atoms with van der Waals surface area (Å²) in [6.45, 7) is 0. The molecular weight excluding hydrogens is 301 g/mol. The zero-order chi connectivity index (χ0) is 14.8. The van der Waals surface area contributed by atoms with Crippen molar-refractivity contribution in [1.29, 1.82) is 0 Å². The molecule has 1 atom stereocenters. The Balaban J connectivity index is 1.94. The number of hydrogen-bond acceptors (Lipinski definition) is 1. The van der Waals surface area contributed by atoms with Crippen LogP contribution in [0.3, 0.4) is 0 Å². The Morgan fingerprint density at radius 1 is 0.857 bits per heavy atom. The lowest BCUT2D eigenvalue weighted by Crippen LogP contribution is -2.13. The summed E-state index contributed by atoms with van der Waals surface area (Å²) < 4.78 is 0. The lowest BCUT2D eigenvalue weighted by Gasteiger charge is -2.15. The van der Waals surface area contributed by atoms with Gasteiger partial charge in [0.25, 0.3) is 0 Å². The van der Waals surface area contributed by atoms with E-state index in [2.05, 4.69) is 30.3 Å². The summed E-state index contributed by atoms with van der Waals surface area (Å²) >= 11 is 12.1. The minimum Gasteiger partial charge on any atom is -0.324 e. The number of halogens is 2. The van der Waals surface area contributed by atoms with Gasteiger partial charge in [-0.1, -0.05) is 65.7 Å². The highest BCUT2D eigenvalue weighted by Crippen LogP contribution is 2.27. The van der Waals surface area contributed by atoms with E-state index >= 15 is 0 Å². The van der Waals surface area contributed by atoms with E-state index in [9.17, 15) is 0 Å². The van der Waals surface area contributed by atoms with Crippen LogP contribution < -0.4 is 5.73 Å². The lowest BCUT2D eigenvalue weighted by atomic mass is 9.95. The maximum Gasteiger partial charge on any atom is 0.0424 e. The Hall–Kier alpha value is -1.54. The van der Waals surface area contributed by atoms with Crippen molar-refractivity contribution in [3.8, 4) is 0 Å². The van der Waals surface area contributed by atoms with Gasteiger partial charge in [0.1, 0.15) is 0 Å². The lowest BCUT2D eigenvalue weighted by molar-refractivity contribution is 0.725. The molecule has 106 valence electrons. The molecule has 0 fully saturated rings. The number of fused-ring (bicyclic) bond motifs is 1. The Kier molecular flexibility index (Phi) is 4.16. The molecule has 3 rings (SSSR count). The molecular formula is C18H15Cl2N. The zero-order valence-electron chi connectivity index (χ0n) is 11.4. The molecule has 0 aliphatic rings. The van der Waals surface area contributed by atoms with E-state index in [1.165, 1.54) is 16.3 Å². The Morgan fingerprint density at radius 3 is 2.29 bits per heavy atom. The Morgan fingerprint density at radius 2 is 1.52 bits per heavy atom. The predicted molar refractivity (Wildman–Crippen MR) is 91.0 cm³/mol. The molecule has 3 aromatic carbocycles. The summed E-state index contributed by atoms with van der Waals surface area (Å²) in [6, 6.07) is 20.0. The topological polar surface area (TPSA) is 26.0 Å². The summed E-state index contributed by atoms with van der Waals surface area (Å²) in [6.07, 6.45) is 0.748. The average molecular weight is 316 g/mol. The second-order valence-corrected chi connectivity index (χ2v) is 6.02. The van der Waals surface area contributed by atoms with Crippen LogP contribution in [0.2, 0.25) is 10.0 Å². The Bertz CT molecular complexity index is 758. The van der Waals surface area contributed by atoms with Crippen molar-refractivity contribution in [2.24, 2.45) is 5.73 Å². The average Bonchev–Trinajstić information content (AvgIpc) is 2.46. The molecule has 0 saturated carbocycles. The first kappa shape index (κ1) is 14.4. The van der Waals surface area contributed by atoms with Gasteiger partial charge >= 0.3 is 0 Å². The molecule has 0 heterocycles. The number of benzene rings is 3. The first-order valence-corrected chi connectivity index (χ1v) is 7.57. The minimum atomic E-state index is -0.132. The molecule has 3 heteroatoms. The fourth-order valence-corrected chi connectivity index (χ4v) is 3.16. The summed E-state index contributed by atoms with van der Waals surface area (Å²) in [4.78, 5) is 0. The SMILES string of the molecule is NC(Cc1cccc2ccccc12)c1cc(Cl)cc(Cl)c1. The largest absolute Gasteiger partial charge is 0.324 e. The maximum absolute atomic E-state index is 6.34. The van der Waals surface area contributed by atoms with Gasteiger partial charge in [0.15, 0.2) is 0 Å². The van der Waals surface area contributed by atoms with E-state index in [0.717, 1.165) is 12.0 Å². The van der Waals surface area contributed by atoms with Crippen molar-refractivity contribution >= 4 is 34.0 Å². The summed E-state index contributed by atoms with van der Waals surface area (Å²) in [5.41, 5.74) is 8.53. The standard InChI is InChI=1S/C18H15Cl2N/c19-15-8-14(9-16(20)11-15)18(21)10-13-6-3-5-12-4-1-2-7-17(12)13/h1-9,11,18H,10,21H2. The fraction of sp³-hybridized carbons (Fsp3) is 0.111. The van der Waals surface area contributed by atoms with Gasteiger partial charge in [0.05, 0.1) is 0 Å². The van der Waals surface area contributed by atoms with E-state index in [1.807, 2.05) is 24.3 Å². The van der Waals surface area contributed by atoms with Crippen LogP contribution >= 0.6 is 23.2 Å². The highest BCUT2D eigenvalue weighted by atomic mass is 35.5. The van der Waals surface area contributed by atoms with E-state index in [4.69, 9.17) is 28.9 Å². The van der Waals surface area contributed by atoms with Crippen molar-refractivity contribution in [1.82, 2.24) is 0 Å². The van der Waals surface area contributed by atoms with Crippen molar-refractivity contribution < 1.29 is 0 Å². The van der Waals surface area contributed by atoms with Gasteiger partial charge in [-0.2, -0.15) is 0 Å². The van der Waals surface area contributed by atoms with Crippen LogP contribution in [-0.2, 0) is 6.42 Å². The van der Waals surface area contributed by atoms with Gasteiger partial charge in [-0.15, -0.1) is 0 Å². The molecule has 0 spiro atoms. The molecule has 1 unspecified atom stereocenters. The van der Waals surface area contributed by atoms with Crippen LogP contribution in [0.1, 0.15) is 17.2 Å². The maximum atomic E-state index is 6.34. The van der Waals surface area contributed by atoms with Gasteiger partial charge in [0.2, 0.25) is 0 Å². The summed E-state index contributed by atoms with van der Waals surface area (Å²) in [5, 5.41) is 3.70. The van der Waals surface area contributed by atoms with Crippen molar-refractivity contribution in [2.75, 3.05) is 0 Å². The van der Waals surface area contributed by atoms with Crippen LogP contribution in [0.25, 0.3) is 10.8 Å². The number of hydrogen-bond donors (Lipinski definition) is 1. The van der Waals surface area contributed by atoms with E-state index in [-0.39, 0.29) is 6.04 Å². The van der Waals surface area contributed by atoms with E-state index in [0.29, 0.717) is 10.0 Å². The molecule has 0 aliphatic carbocycles. The van der Waals surface area contributed by atoms with Crippen LogP contribution in [0, 0.1) is 0 Å². The summed E-state index contributed by atoms with van der Waals surface area (Å²) in [5.74, 6) is 0. The molecule has 0 saturated heterocycles. The van der Waals surface area contributed by atoms with Crippen LogP contribution in [-0.4, -0.2) is 0 Å². The van der Waals surface area contributed by atoms with E-state index in [1.54, 1.807) is 6.07 Å². The monoisotopic (exact) mass is 315 g/mol. The number of nitrogens with two attached hydrogens (primary N) is 1.